The molecule has 0 N–H and O–H groups in total. The summed E-state index contributed by atoms with van der Waals surface area (Å²) in [5, 5.41) is 0. The van der Waals surface area contributed by atoms with E-state index in [0.717, 1.165) is 41.7 Å². The number of fused-ring (bicyclic) bond motifs is 3. The molecule has 0 aromatic heterocycles. The lowest BCUT2D eigenvalue weighted by molar-refractivity contribution is -0.142. The molecule has 3 aromatic carbocycles. The molecule has 0 aliphatic heterocycles. The minimum atomic E-state index is -5.07. The third kappa shape index (κ3) is 3.19. The van der Waals surface area contributed by atoms with Crippen LogP contribution < -0.4 is 0 Å². The Labute approximate surface area is 159 Å². The van der Waals surface area contributed by atoms with Crippen LogP contribution in [-0.2, 0) is 19.0 Å². The first kappa shape index (κ1) is 18.7. The quantitative estimate of drug-likeness (QED) is 0.326. The normalized spacial score (nSPS) is 12.8. The van der Waals surface area contributed by atoms with Gasteiger partial charge in [-0.05, 0) is 63.9 Å². The zero-order chi connectivity index (χ0) is 20.1. The maximum Gasteiger partial charge on any atom is 0.422 e. The topological polar surface area (TPSA) is 0 Å². The summed E-state index contributed by atoms with van der Waals surface area (Å²) >= 11 is 0. The molecule has 0 bridgehead atoms. The molecule has 5 heteroatoms. The molecule has 1 aliphatic rings. The van der Waals surface area contributed by atoms with Gasteiger partial charge in [-0.25, -0.2) is 8.78 Å². The molecular formula is C23H17F5. The summed E-state index contributed by atoms with van der Waals surface area (Å²) < 4.78 is 66.2. The van der Waals surface area contributed by atoms with Gasteiger partial charge in [0.15, 0.2) is 0 Å². The molecule has 0 spiro atoms. The lowest BCUT2D eigenvalue weighted by atomic mass is 9.97. The number of benzene rings is 3. The number of alkyl halides is 3. The standard InChI is InChI=1S/C23H17F5/c1-2-3-13-4-6-18-16(8-13)10-17-9-14(5-7-19(17)18)15-11-20(24)22(21(25)12-15)23(26,27)28/h4-9,11-12H,2-3,10H2,1H3. The van der Waals surface area contributed by atoms with Crippen LogP contribution in [0.4, 0.5) is 22.0 Å². The first-order valence-electron chi connectivity index (χ1n) is 9.09. The largest absolute Gasteiger partial charge is 0.422 e. The maximum atomic E-state index is 13.9. The molecule has 0 saturated heterocycles. The summed E-state index contributed by atoms with van der Waals surface area (Å²) in [4.78, 5) is 0. The van der Waals surface area contributed by atoms with Gasteiger partial charge in [0.1, 0.15) is 17.2 Å². The van der Waals surface area contributed by atoms with Gasteiger partial charge in [-0.15, -0.1) is 0 Å². The molecule has 0 radical (unpaired) electrons. The predicted molar refractivity (Wildman–Crippen MR) is 99.0 cm³/mol. The fourth-order valence-corrected chi connectivity index (χ4v) is 3.90. The van der Waals surface area contributed by atoms with Gasteiger partial charge < -0.3 is 0 Å². The van der Waals surface area contributed by atoms with Crippen LogP contribution in [0.2, 0.25) is 0 Å². The fraction of sp³-hybridized carbons (Fsp3) is 0.217. The SMILES string of the molecule is CCCc1ccc2c(c1)Cc1cc(-c3cc(F)c(C(F)(F)F)c(F)c3)ccc1-2. The summed E-state index contributed by atoms with van der Waals surface area (Å²) in [6.07, 6.45) is -2.32. The van der Waals surface area contributed by atoms with Gasteiger partial charge in [-0.1, -0.05) is 49.7 Å². The molecule has 0 fully saturated rings. The van der Waals surface area contributed by atoms with Crippen molar-refractivity contribution < 1.29 is 22.0 Å². The molecule has 0 atom stereocenters. The molecule has 0 unspecified atom stereocenters. The summed E-state index contributed by atoms with van der Waals surface area (Å²) in [5.74, 6) is -3.20. The van der Waals surface area contributed by atoms with Crippen molar-refractivity contribution in [2.75, 3.05) is 0 Å². The minimum Gasteiger partial charge on any atom is -0.206 e. The molecular weight excluding hydrogens is 371 g/mol. The zero-order valence-corrected chi connectivity index (χ0v) is 15.1. The molecule has 0 saturated carbocycles. The second-order valence-electron chi connectivity index (χ2n) is 7.10. The number of aryl methyl sites for hydroxylation is 1. The van der Waals surface area contributed by atoms with Gasteiger partial charge in [0.2, 0.25) is 0 Å². The number of rotatable bonds is 3. The van der Waals surface area contributed by atoms with E-state index in [9.17, 15) is 22.0 Å². The highest BCUT2D eigenvalue weighted by Crippen LogP contribution is 2.40. The smallest absolute Gasteiger partial charge is 0.206 e. The van der Waals surface area contributed by atoms with Crippen LogP contribution in [0, 0.1) is 11.6 Å². The Morgan fingerprint density at radius 3 is 2.00 bits per heavy atom. The Hall–Kier alpha value is -2.69. The van der Waals surface area contributed by atoms with Gasteiger partial charge >= 0.3 is 6.18 Å². The van der Waals surface area contributed by atoms with Crippen molar-refractivity contribution in [1.82, 2.24) is 0 Å². The molecule has 4 rings (SSSR count). The highest BCUT2D eigenvalue weighted by atomic mass is 19.4. The van der Waals surface area contributed by atoms with Crippen LogP contribution in [-0.4, -0.2) is 0 Å². The second-order valence-corrected chi connectivity index (χ2v) is 7.10. The van der Waals surface area contributed by atoms with Gasteiger partial charge in [0.05, 0.1) is 0 Å². The zero-order valence-electron chi connectivity index (χ0n) is 15.1. The van der Waals surface area contributed by atoms with Crippen LogP contribution in [0.25, 0.3) is 22.3 Å². The lowest BCUT2D eigenvalue weighted by Gasteiger charge is -2.12. The summed E-state index contributed by atoms with van der Waals surface area (Å²) in [6, 6.07) is 13.2. The van der Waals surface area contributed by atoms with E-state index < -0.39 is 23.4 Å². The Morgan fingerprint density at radius 1 is 0.786 bits per heavy atom. The highest BCUT2D eigenvalue weighted by molar-refractivity contribution is 5.80. The van der Waals surface area contributed by atoms with E-state index in [1.54, 1.807) is 12.1 Å². The van der Waals surface area contributed by atoms with Crippen molar-refractivity contribution in [3.8, 4) is 22.3 Å². The van der Waals surface area contributed by atoms with E-state index in [-0.39, 0.29) is 5.56 Å². The monoisotopic (exact) mass is 388 g/mol. The van der Waals surface area contributed by atoms with Gasteiger partial charge in [-0.3, -0.25) is 0 Å². The Morgan fingerprint density at radius 2 is 1.39 bits per heavy atom. The minimum absolute atomic E-state index is 0.0911. The van der Waals surface area contributed by atoms with Crippen LogP contribution in [0.1, 0.15) is 35.6 Å². The number of halogens is 5. The molecule has 0 amide bonds. The number of hydrogen-bond donors (Lipinski definition) is 0. The van der Waals surface area contributed by atoms with Crippen molar-refractivity contribution in [1.29, 1.82) is 0 Å². The molecule has 0 nitrogen and oxygen atoms in total. The highest BCUT2D eigenvalue weighted by Gasteiger charge is 2.38. The third-order valence-electron chi connectivity index (χ3n) is 5.14. The molecule has 3 aromatic rings. The van der Waals surface area contributed by atoms with Crippen LogP contribution >= 0.6 is 0 Å². The van der Waals surface area contributed by atoms with E-state index in [2.05, 4.69) is 25.1 Å². The van der Waals surface area contributed by atoms with Crippen molar-refractivity contribution in [2.45, 2.75) is 32.4 Å². The predicted octanol–water partition coefficient (Wildman–Crippen LogP) is 7.17. The van der Waals surface area contributed by atoms with E-state index in [4.69, 9.17) is 0 Å². The molecule has 28 heavy (non-hydrogen) atoms. The molecule has 0 heterocycles. The summed E-state index contributed by atoms with van der Waals surface area (Å²) in [7, 11) is 0. The molecule has 144 valence electrons. The van der Waals surface area contributed by atoms with Crippen molar-refractivity contribution in [3.63, 3.8) is 0 Å². The van der Waals surface area contributed by atoms with E-state index in [1.165, 1.54) is 11.1 Å². The first-order valence-corrected chi connectivity index (χ1v) is 9.09. The average molecular weight is 388 g/mol. The van der Waals surface area contributed by atoms with Crippen molar-refractivity contribution in [2.24, 2.45) is 0 Å². The Kier molecular flexibility index (Phi) is 4.48. The lowest BCUT2D eigenvalue weighted by Crippen LogP contribution is -2.11. The third-order valence-corrected chi connectivity index (χ3v) is 5.14. The van der Waals surface area contributed by atoms with Gasteiger partial charge in [0.25, 0.3) is 0 Å². The van der Waals surface area contributed by atoms with E-state index >= 15 is 0 Å². The van der Waals surface area contributed by atoms with E-state index in [0.29, 0.717) is 12.0 Å². The number of hydrogen-bond acceptors (Lipinski definition) is 0. The van der Waals surface area contributed by atoms with Gasteiger partial charge in [-0.2, -0.15) is 13.2 Å². The Balaban J connectivity index is 1.72. The molecule has 1 aliphatic carbocycles. The Bertz CT molecular complexity index is 1040. The maximum absolute atomic E-state index is 13.9. The van der Waals surface area contributed by atoms with Crippen molar-refractivity contribution in [3.05, 3.63) is 82.4 Å². The van der Waals surface area contributed by atoms with Crippen LogP contribution in [0.5, 0.6) is 0 Å². The van der Waals surface area contributed by atoms with Crippen molar-refractivity contribution >= 4 is 0 Å². The van der Waals surface area contributed by atoms with Gasteiger partial charge in [0, 0.05) is 0 Å². The summed E-state index contributed by atoms with van der Waals surface area (Å²) in [6.45, 7) is 2.12. The van der Waals surface area contributed by atoms with E-state index in [1.807, 2.05) is 6.07 Å². The fourth-order valence-electron chi connectivity index (χ4n) is 3.90. The van der Waals surface area contributed by atoms with Crippen LogP contribution in [0.3, 0.4) is 0 Å². The second kappa shape index (κ2) is 6.73. The van der Waals surface area contributed by atoms with Crippen LogP contribution in [0.15, 0.2) is 48.5 Å². The summed E-state index contributed by atoms with van der Waals surface area (Å²) in [5.41, 5.74) is 4.38. The first-order chi connectivity index (χ1) is 13.3. The average Bonchev–Trinajstić information content (AvgIpc) is 2.96.